The van der Waals surface area contributed by atoms with E-state index in [2.05, 4.69) is 403 Å². The molecule has 0 fully saturated rings. The van der Waals surface area contributed by atoms with Gasteiger partial charge in [-0.2, -0.15) is 18.3 Å². The lowest BCUT2D eigenvalue weighted by Gasteiger charge is -2.08. The molecule has 30 rings (SSSR count). The summed E-state index contributed by atoms with van der Waals surface area (Å²) in [5.74, 6) is 0. The van der Waals surface area contributed by atoms with E-state index in [1.165, 1.54) is 76.2 Å². The average molecular weight is 1770 g/mol. The molecule has 0 aliphatic heterocycles. The van der Waals surface area contributed by atoms with Gasteiger partial charge in [-0.1, -0.05) is 224 Å². The Morgan fingerprint density at radius 2 is 0.533 bits per heavy atom. The van der Waals surface area contributed by atoms with Crippen LogP contribution in [0.15, 0.2) is 394 Å². The minimum atomic E-state index is 0.882. The minimum absolute atomic E-state index is 0.882. The maximum Gasteiger partial charge on any atom is 0.260 e. The molecule has 650 valence electrons. The number of hydrogen-bond acceptors (Lipinski definition) is 8. The van der Waals surface area contributed by atoms with Crippen molar-refractivity contribution >= 4 is 240 Å². The summed E-state index contributed by atoms with van der Waals surface area (Å²) in [6, 6.07) is 121. The van der Waals surface area contributed by atoms with Crippen LogP contribution in [0, 0.1) is 34.6 Å². The number of benzene rings is 18. The van der Waals surface area contributed by atoms with Crippen LogP contribution in [-0.2, 0) is 28.2 Å². The average Bonchev–Trinajstić information content (AvgIpc) is 1.57. The highest BCUT2D eigenvalue weighted by molar-refractivity contribution is 6.26. The second-order valence-corrected chi connectivity index (χ2v) is 36.9. The van der Waals surface area contributed by atoms with Gasteiger partial charge >= 0.3 is 0 Å². The largest absolute Gasteiger partial charge is 0.456 e. The molecule has 0 atom stereocenters. The van der Waals surface area contributed by atoms with E-state index in [9.17, 15) is 0 Å². The first-order valence-corrected chi connectivity index (χ1v) is 46.6. The fourth-order valence-electron chi connectivity index (χ4n) is 22.2. The van der Waals surface area contributed by atoms with E-state index in [0.29, 0.717) is 0 Å². The van der Waals surface area contributed by atoms with E-state index in [0.717, 1.165) is 237 Å². The maximum atomic E-state index is 6.73. The van der Waals surface area contributed by atoms with Crippen LogP contribution < -0.4 is 18.3 Å². The van der Waals surface area contributed by atoms with E-state index in [1.807, 2.05) is 36.4 Å². The number of para-hydroxylation sites is 3. The molecule has 0 amide bonds. The molecular formula is C125H86N4O8+4. The van der Waals surface area contributed by atoms with Crippen LogP contribution in [0.25, 0.3) is 285 Å². The van der Waals surface area contributed by atoms with Crippen LogP contribution in [0.4, 0.5) is 0 Å². The van der Waals surface area contributed by atoms with Crippen molar-refractivity contribution in [3.05, 3.63) is 386 Å². The molecule has 0 unspecified atom stereocenters. The van der Waals surface area contributed by atoms with E-state index >= 15 is 0 Å². The van der Waals surface area contributed by atoms with E-state index in [-0.39, 0.29) is 0 Å². The topological polar surface area (TPSA) is 121 Å². The van der Waals surface area contributed by atoms with Gasteiger partial charge in [-0.25, -0.2) is 0 Å². The van der Waals surface area contributed by atoms with Gasteiger partial charge in [0.25, 0.3) is 11.4 Å². The second-order valence-electron chi connectivity index (χ2n) is 36.9. The van der Waals surface area contributed by atoms with Gasteiger partial charge in [0.1, 0.15) is 106 Å². The molecular weight excluding hydrogens is 1690 g/mol. The molecule has 0 N–H and O–H groups in total. The monoisotopic (exact) mass is 1770 g/mol. The SMILES string of the molecule is Cc1cc2c(cc1-c1ccc3c4c(ccc3[n+]1C)oc1ccccc14)oc1c3ccccc3ccc21.Cc1ccc2c(c1)oc1c(-c3ccc4c5c(ccc4[n+]3C)oc3ccccc35)c(C)ccc12.Cc1ccc2c(oc3c4ccccc4ccc23)c1-c1c2oc3ccc4ccccc4c3c2cc[n+]1C.Cc1ccc2c(oc3c4ccccc4ccc23)c1-c1c2oc3ccccc3c2cc[n+]1C. The summed E-state index contributed by atoms with van der Waals surface area (Å²) in [5, 5.41) is 30.1. The zero-order valence-corrected chi connectivity index (χ0v) is 76.6. The lowest BCUT2D eigenvalue weighted by molar-refractivity contribution is -0.659. The molecule has 12 heteroatoms. The number of hydrogen-bond donors (Lipinski definition) is 0. The highest BCUT2D eigenvalue weighted by Gasteiger charge is 2.33. The van der Waals surface area contributed by atoms with Gasteiger partial charge in [0, 0.05) is 139 Å². The number of aromatic nitrogens is 4. The first-order chi connectivity index (χ1) is 67.2. The lowest BCUT2D eigenvalue weighted by Crippen LogP contribution is -2.32. The maximum absolute atomic E-state index is 6.73. The van der Waals surface area contributed by atoms with Crippen molar-refractivity contribution in [3.8, 4) is 45.0 Å². The highest BCUT2D eigenvalue weighted by atomic mass is 16.4. The summed E-state index contributed by atoms with van der Waals surface area (Å²) in [6.07, 6.45) is 4.24. The molecule has 0 spiro atoms. The third-order valence-corrected chi connectivity index (χ3v) is 28.9. The summed E-state index contributed by atoms with van der Waals surface area (Å²) < 4.78 is 60.4. The predicted molar refractivity (Wildman–Crippen MR) is 559 cm³/mol. The van der Waals surface area contributed by atoms with E-state index < -0.39 is 0 Å². The number of nitrogens with zero attached hydrogens (tertiary/aromatic N) is 4. The summed E-state index contributed by atoms with van der Waals surface area (Å²) in [7, 11) is 8.42. The Morgan fingerprint density at radius 1 is 0.190 bits per heavy atom. The molecule has 30 aromatic rings. The highest BCUT2D eigenvalue weighted by Crippen LogP contribution is 2.49. The molecule has 12 nitrogen and oxygen atoms in total. The lowest BCUT2D eigenvalue weighted by atomic mass is 9.98. The molecule has 18 aromatic carbocycles. The van der Waals surface area contributed by atoms with Crippen molar-refractivity contribution in [2.75, 3.05) is 0 Å². The normalized spacial score (nSPS) is 12.1. The van der Waals surface area contributed by atoms with Crippen molar-refractivity contribution in [2.24, 2.45) is 28.2 Å². The van der Waals surface area contributed by atoms with Crippen LogP contribution >= 0.6 is 0 Å². The Hall–Kier alpha value is -17.5. The molecule has 0 aliphatic carbocycles. The molecule has 137 heavy (non-hydrogen) atoms. The number of pyridine rings is 4. The van der Waals surface area contributed by atoms with Crippen molar-refractivity contribution in [1.29, 1.82) is 0 Å². The van der Waals surface area contributed by atoms with E-state index in [4.69, 9.17) is 35.3 Å². The standard InChI is InChI=1S/2C33H22NO2.C30H22NO2.C29H20NO2/c1-19-11-14-25-24-15-12-21-8-4-6-10-23(21)31(24)36-32(25)28(19)30-33-26(17-18-34(30)2)29-22-9-5-3-7-20(22)13-16-27(29)35-33;1-19-17-26-22-12-11-20-7-3-4-8-21(20)33(22)36-31(26)18-25(19)28-14-13-23-27(34(28)2)15-16-30-32(23)24-9-5-6-10-29(24)35-30;1-17-8-10-19-20-11-9-18(2)28(30(20)33-27(19)16-17)24-13-12-21-23(31(24)3)14-15-26-29(21)22-6-4-5-7-25(22)32-26;1-17-11-13-22-21-14-12-18-7-3-4-8-19(18)27(21)32-28(22)25(17)26-29-23(15-16-30(26)2)20-9-5-6-10-24(20)31-29/h2*3-18H,1-2H3;4-16H,1-3H3;3-16H,1-2H3/q4*+1. The Bertz CT molecular complexity index is 10500. The first kappa shape index (κ1) is 79.3. The first-order valence-electron chi connectivity index (χ1n) is 46.6. The van der Waals surface area contributed by atoms with Gasteiger partial charge in [-0.05, 0) is 174 Å². The smallest absolute Gasteiger partial charge is 0.260 e. The van der Waals surface area contributed by atoms with Gasteiger partial charge in [0.2, 0.25) is 33.6 Å². The fraction of sp³-hybridized carbons (Fsp3) is 0.0720. The predicted octanol–water partition coefficient (Wildman–Crippen LogP) is 32.4. The quantitative estimate of drug-likeness (QED) is 0.160. The third-order valence-electron chi connectivity index (χ3n) is 28.9. The van der Waals surface area contributed by atoms with Crippen molar-refractivity contribution in [1.82, 2.24) is 0 Å². The Labute approximate surface area is 782 Å². The van der Waals surface area contributed by atoms with Crippen molar-refractivity contribution < 1.29 is 53.6 Å². The molecule has 0 radical (unpaired) electrons. The molecule has 12 heterocycles. The summed E-state index contributed by atoms with van der Waals surface area (Å²) in [4.78, 5) is 0. The van der Waals surface area contributed by atoms with E-state index in [1.54, 1.807) is 0 Å². The van der Waals surface area contributed by atoms with Crippen LogP contribution in [0.3, 0.4) is 0 Å². The van der Waals surface area contributed by atoms with Crippen LogP contribution in [0.5, 0.6) is 0 Å². The summed E-state index contributed by atoms with van der Waals surface area (Å²) >= 11 is 0. The molecule has 0 aliphatic rings. The summed E-state index contributed by atoms with van der Waals surface area (Å²) in [5.41, 5.74) is 31.7. The van der Waals surface area contributed by atoms with Crippen molar-refractivity contribution in [3.63, 3.8) is 0 Å². The second kappa shape index (κ2) is 30.3. The van der Waals surface area contributed by atoms with Crippen LogP contribution in [0.2, 0.25) is 0 Å². The van der Waals surface area contributed by atoms with Crippen LogP contribution in [-0.4, -0.2) is 0 Å². The Balaban J connectivity index is 0.0000000925. The molecule has 0 saturated heterocycles. The van der Waals surface area contributed by atoms with Gasteiger partial charge in [0.15, 0.2) is 12.4 Å². The number of aryl methyl sites for hydroxylation is 9. The minimum Gasteiger partial charge on any atom is -0.456 e. The Morgan fingerprint density at radius 3 is 1.09 bits per heavy atom. The van der Waals surface area contributed by atoms with Gasteiger partial charge < -0.3 is 35.3 Å². The number of rotatable bonds is 4. The fourth-order valence-corrected chi connectivity index (χ4v) is 22.2. The molecule has 12 aromatic heterocycles. The number of furan rings is 8. The molecule has 0 bridgehead atoms. The number of fused-ring (bicyclic) bond motifs is 36. The zero-order chi connectivity index (χ0) is 91.6. The van der Waals surface area contributed by atoms with Gasteiger partial charge in [0.05, 0.1) is 33.0 Å². The summed E-state index contributed by atoms with van der Waals surface area (Å²) in [6.45, 7) is 10.7. The van der Waals surface area contributed by atoms with Gasteiger partial charge in [-0.3, -0.25) is 0 Å². The van der Waals surface area contributed by atoms with Gasteiger partial charge in [-0.15, -0.1) is 0 Å². The van der Waals surface area contributed by atoms with Crippen molar-refractivity contribution in [2.45, 2.75) is 34.6 Å². The zero-order valence-electron chi connectivity index (χ0n) is 76.6. The Kier molecular flexibility index (Phi) is 17.5. The third kappa shape index (κ3) is 12.0. The molecule has 0 saturated carbocycles. The van der Waals surface area contributed by atoms with Crippen LogP contribution in [0.1, 0.15) is 27.8 Å².